The summed E-state index contributed by atoms with van der Waals surface area (Å²) in [6.45, 7) is 5.76. The minimum atomic E-state index is -0.0460. The lowest BCUT2D eigenvalue weighted by Gasteiger charge is -2.28. The van der Waals surface area contributed by atoms with E-state index in [1.54, 1.807) is 16.8 Å². The summed E-state index contributed by atoms with van der Waals surface area (Å²) in [5, 5.41) is 0. The standard InChI is InChI=1S/C16H20N4O3/c1-13-12-14(19-6-9-22-10-7-19)18-16(17-13)23-11-8-20-5-3-2-4-15(20)21/h2-5,12H,6-11H2,1H3. The molecule has 23 heavy (non-hydrogen) atoms. The van der Waals surface area contributed by atoms with Crippen LogP contribution >= 0.6 is 0 Å². The van der Waals surface area contributed by atoms with Crippen molar-refractivity contribution < 1.29 is 9.47 Å². The van der Waals surface area contributed by atoms with Crippen LogP contribution in [0, 0.1) is 6.92 Å². The Morgan fingerprint density at radius 3 is 2.87 bits per heavy atom. The molecular weight excluding hydrogens is 296 g/mol. The summed E-state index contributed by atoms with van der Waals surface area (Å²) < 4.78 is 12.6. The molecule has 3 rings (SSSR count). The van der Waals surface area contributed by atoms with Crippen molar-refractivity contribution in [2.45, 2.75) is 13.5 Å². The largest absolute Gasteiger partial charge is 0.462 e. The first-order valence-electron chi connectivity index (χ1n) is 7.69. The van der Waals surface area contributed by atoms with Gasteiger partial charge in [-0.3, -0.25) is 4.79 Å². The highest BCUT2D eigenvalue weighted by molar-refractivity contribution is 5.40. The molecule has 122 valence electrons. The van der Waals surface area contributed by atoms with E-state index in [0.717, 1.165) is 24.6 Å². The van der Waals surface area contributed by atoms with E-state index in [4.69, 9.17) is 9.47 Å². The molecule has 0 aromatic carbocycles. The fraction of sp³-hybridized carbons (Fsp3) is 0.438. The second-order valence-corrected chi connectivity index (χ2v) is 5.33. The zero-order valence-electron chi connectivity index (χ0n) is 13.1. The van der Waals surface area contributed by atoms with Gasteiger partial charge in [0, 0.05) is 37.1 Å². The maximum absolute atomic E-state index is 11.6. The fourth-order valence-electron chi connectivity index (χ4n) is 2.42. The van der Waals surface area contributed by atoms with Gasteiger partial charge in [0.05, 0.1) is 19.8 Å². The minimum absolute atomic E-state index is 0.0460. The molecule has 1 saturated heterocycles. The van der Waals surface area contributed by atoms with Gasteiger partial charge in [0.25, 0.3) is 5.56 Å². The predicted molar refractivity (Wildman–Crippen MR) is 86.0 cm³/mol. The van der Waals surface area contributed by atoms with Crippen molar-refractivity contribution in [1.29, 1.82) is 0 Å². The van der Waals surface area contributed by atoms with Crippen LogP contribution in [0.1, 0.15) is 5.69 Å². The molecule has 0 saturated carbocycles. The lowest BCUT2D eigenvalue weighted by Crippen LogP contribution is -2.36. The van der Waals surface area contributed by atoms with Crippen molar-refractivity contribution in [1.82, 2.24) is 14.5 Å². The third-order valence-corrected chi connectivity index (χ3v) is 3.62. The highest BCUT2D eigenvalue weighted by Crippen LogP contribution is 2.17. The molecule has 3 heterocycles. The van der Waals surface area contributed by atoms with Gasteiger partial charge in [-0.2, -0.15) is 4.98 Å². The maximum atomic E-state index is 11.6. The number of ether oxygens (including phenoxy) is 2. The maximum Gasteiger partial charge on any atom is 0.318 e. The highest BCUT2D eigenvalue weighted by Gasteiger charge is 2.14. The minimum Gasteiger partial charge on any atom is -0.462 e. The Balaban J connectivity index is 1.64. The molecular formula is C16H20N4O3. The molecule has 0 radical (unpaired) electrons. The third-order valence-electron chi connectivity index (χ3n) is 3.62. The van der Waals surface area contributed by atoms with E-state index in [0.29, 0.717) is 32.4 Å². The van der Waals surface area contributed by atoms with Gasteiger partial charge in [0.15, 0.2) is 0 Å². The Kier molecular flexibility index (Phi) is 4.87. The Morgan fingerprint density at radius 2 is 2.09 bits per heavy atom. The lowest BCUT2D eigenvalue weighted by atomic mass is 10.3. The van der Waals surface area contributed by atoms with Gasteiger partial charge in [-0.1, -0.05) is 6.07 Å². The van der Waals surface area contributed by atoms with Crippen LogP contribution in [-0.2, 0) is 11.3 Å². The van der Waals surface area contributed by atoms with E-state index in [1.165, 1.54) is 6.07 Å². The summed E-state index contributed by atoms with van der Waals surface area (Å²) in [5.41, 5.74) is 0.809. The quantitative estimate of drug-likeness (QED) is 0.815. The number of rotatable bonds is 5. The van der Waals surface area contributed by atoms with E-state index in [-0.39, 0.29) is 5.56 Å². The van der Waals surface area contributed by atoms with Gasteiger partial charge in [-0.25, -0.2) is 4.98 Å². The first kappa shape index (κ1) is 15.5. The van der Waals surface area contributed by atoms with Crippen LogP contribution in [0.2, 0.25) is 0 Å². The Morgan fingerprint density at radius 1 is 1.26 bits per heavy atom. The van der Waals surface area contributed by atoms with E-state index in [1.807, 2.05) is 19.1 Å². The van der Waals surface area contributed by atoms with Crippen molar-refractivity contribution in [2.75, 3.05) is 37.8 Å². The molecule has 0 N–H and O–H groups in total. The summed E-state index contributed by atoms with van der Waals surface area (Å²) in [4.78, 5) is 22.6. The lowest BCUT2D eigenvalue weighted by molar-refractivity contribution is 0.122. The smallest absolute Gasteiger partial charge is 0.318 e. The van der Waals surface area contributed by atoms with Crippen LogP contribution in [0.3, 0.4) is 0 Å². The van der Waals surface area contributed by atoms with Gasteiger partial charge in [-0.15, -0.1) is 0 Å². The fourth-order valence-corrected chi connectivity index (χ4v) is 2.42. The van der Waals surface area contributed by atoms with Crippen LogP contribution < -0.4 is 15.2 Å². The van der Waals surface area contributed by atoms with Crippen molar-refractivity contribution in [3.8, 4) is 6.01 Å². The molecule has 0 aliphatic carbocycles. The number of morpholine rings is 1. The number of aromatic nitrogens is 3. The number of hydrogen-bond acceptors (Lipinski definition) is 6. The molecule has 0 unspecified atom stereocenters. The van der Waals surface area contributed by atoms with Crippen LogP contribution in [0.25, 0.3) is 0 Å². The summed E-state index contributed by atoms with van der Waals surface area (Å²) in [5.74, 6) is 0.854. The van der Waals surface area contributed by atoms with Gasteiger partial charge in [0.1, 0.15) is 12.4 Å². The summed E-state index contributed by atoms with van der Waals surface area (Å²) in [6, 6.07) is 7.36. The summed E-state index contributed by atoms with van der Waals surface area (Å²) in [6.07, 6.45) is 1.74. The molecule has 0 amide bonds. The van der Waals surface area contributed by atoms with Gasteiger partial charge in [-0.05, 0) is 13.0 Å². The third kappa shape index (κ3) is 4.07. The molecule has 2 aromatic heterocycles. The number of nitrogens with zero attached hydrogens (tertiary/aromatic N) is 4. The number of hydrogen-bond donors (Lipinski definition) is 0. The zero-order valence-corrected chi connectivity index (χ0v) is 13.1. The van der Waals surface area contributed by atoms with E-state index < -0.39 is 0 Å². The van der Waals surface area contributed by atoms with E-state index in [9.17, 15) is 4.79 Å². The van der Waals surface area contributed by atoms with E-state index in [2.05, 4.69) is 14.9 Å². The molecule has 7 nitrogen and oxygen atoms in total. The van der Waals surface area contributed by atoms with Gasteiger partial charge < -0.3 is 18.9 Å². The molecule has 1 fully saturated rings. The molecule has 0 spiro atoms. The topological polar surface area (TPSA) is 69.5 Å². The van der Waals surface area contributed by atoms with Crippen LogP contribution in [0.5, 0.6) is 6.01 Å². The average Bonchev–Trinajstić information content (AvgIpc) is 2.57. The molecule has 0 atom stereocenters. The Bertz CT molecular complexity index is 710. The molecule has 1 aliphatic rings. The summed E-state index contributed by atoms with van der Waals surface area (Å²) in [7, 11) is 0. The molecule has 7 heteroatoms. The monoisotopic (exact) mass is 316 g/mol. The summed E-state index contributed by atoms with van der Waals surface area (Å²) >= 11 is 0. The second kappa shape index (κ2) is 7.23. The second-order valence-electron chi connectivity index (χ2n) is 5.33. The number of pyridine rings is 1. The molecule has 0 bridgehead atoms. The average molecular weight is 316 g/mol. The van der Waals surface area contributed by atoms with Crippen LogP contribution in [-0.4, -0.2) is 47.4 Å². The normalized spacial score (nSPS) is 14.7. The zero-order chi connectivity index (χ0) is 16.1. The van der Waals surface area contributed by atoms with E-state index >= 15 is 0 Å². The Hall–Kier alpha value is -2.41. The number of anilines is 1. The van der Waals surface area contributed by atoms with Crippen molar-refractivity contribution in [2.24, 2.45) is 0 Å². The molecule has 2 aromatic rings. The highest BCUT2D eigenvalue weighted by atomic mass is 16.5. The van der Waals surface area contributed by atoms with Crippen LogP contribution in [0.15, 0.2) is 35.3 Å². The van der Waals surface area contributed by atoms with Gasteiger partial charge in [0.2, 0.25) is 0 Å². The predicted octanol–water partition coefficient (Wildman–Crippen LogP) is 0.862. The first-order valence-corrected chi connectivity index (χ1v) is 7.69. The van der Waals surface area contributed by atoms with Crippen LogP contribution in [0.4, 0.5) is 5.82 Å². The van der Waals surface area contributed by atoms with Crippen molar-refractivity contribution >= 4 is 5.82 Å². The Labute approximate surface area is 134 Å². The number of aryl methyl sites for hydroxylation is 1. The SMILES string of the molecule is Cc1cc(N2CCOCC2)nc(OCCn2ccccc2=O)n1. The van der Waals surface area contributed by atoms with Crippen molar-refractivity contribution in [3.05, 3.63) is 46.5 Å². The molecule has 1 aliphatic heterocycles. The first-order chi connectivity index (χ1) is 11.2. The van der Waals surface area contributed by atoms with Gasteiger partial charge >= 0.3 is 6.01 Å². The van der Waals surface area contributed by atoms with Crippen molar-refractivity contribution in [3.63, 3.8) is 0 Å².